The van der Waals surface area contributed by atoms with E-state index >= 15 is 0 Å². The van der Waals surface area contributed by atoms with Crippen molar-refractivity contribution in [3.63, 3.8) is 0 Å². The van der Waals surface area contributed by atoms with Gasteiger partial charge < -0.3 is 11.1 Å². The molecule has 0 spiro atoms. The fraction of sp³-hybridized carbons (Fsp3) is 0.909. The first-order chi connectivity index (χ1) is 7.88. The van der Waals surface area contributed by atoms with Crippen LogP contribution in [0.2, 0.25) is 0 Å². The lowest BCUT2D eigenvalue weighted by atomic mass is 10.2. The van der Waals surface area contributed by atoms with Crippen LogP contribution in [0, 0.1) is 5.92 Å². The van der Waals surface area contributed by atoms with E-state index in [1.54, 1.807) is 0 Å². The maximum Gasteiger partial charge on any atom is 0.236 e. The smallest absolute Gasteiger partial charge is 0.236 e. The molecule has 5 nitrogen and oxygen atoms in total. The second-order valence-electron chi connectivity index (χ2n) is 4.90. The first kappa shape index (κ1) is 14.4. The Kier molecular flexibility index (Phi) is 5.39. The van der Waals surface area contributed by atoms with Crippen LogP contribution in [-0.4, -0.2) is 38.9 Å². The molecule has 6 heteroatoms. The molecule has 0 aromatic carbocycles. The van der Waals surface area contributed by atoms with Gasteiger partial charge in [0.25, 0.3) is 0 Å². The highest BCUT2D eigenvalue weighted by Crippen LogP contribution is 2.33. The van der Waals surface area contributed by atoms with Gasteiger partial charge in [-0.25, -0.2) is 8.42 Å². The molecule has 0 saturated heterocycles. The molecule has 1 saturated carbocycles. The molecule has 0 aromatic rings. The number of amides is 1. The molecule has 1 aliphatic carbocycles. The number of nitrogens with one attached hydrogen (secondary N) is 1. The molecule has 0 aromatic heterocycles. The summed E-state index contributed by atoms with van der Waals surface area (Å²) in [6.45, 7) is 0.641. The number of carbonyl (C=O) groups is 1. The van der Waals surface area contributed by atoms with E-state index in [1.165, 1.54) is 19.3 Å². The number of nitrogens with two attached hydrogens (primary N) is 1. The molecule has 1 rings (SSSR count). The summed E-state index contributed by atoms with van der Waals surface area (Å²) < 4.78 is 21.8. The van der Waals surface area contributed by atoms with Gasteiger partial charge in [-0.2, -0.15) is 0 Å². The van der Waals surface area contributed by atoms with Crippen molar-refractivity contribution in [1.29, 1.82) is 0 Å². The predicted molar refractivity (Wildman–Crippen MR) is 67.3 cm³/mol. The topological polar surface area (TPSA) is 89.3 Å². The number of sulfone groups is 1. The van der Waals surface area contributed by atoms with Gasteiger partial charge in [-0.1, -0.05) is 12.8 Å². The normalized spacial score (nSPS) is 17.8. The Balaban J connectivity index is 2.08. The van der Waals surface area contributed by atoms with E-state index in [-0.39, 0.29) is 18.1 Å². The van der Waals surface area contributed by atoms with E-state index in [0.29, 0.717) is 6.54 Å². The molecule has 0 radical (unpaired) electrons. The summed E-state index contributed by atoms with van der Waals surface area (Å²) >= 11 is 0. The van der Waals surface area contributed by atoms with Crippen LogP contribution in [0.3, 0.4) is 0 Å². The summed E-state index contributed by atoms with van der Waals surface area (Å²) in [6.07, 6.45) is 6.12. The van der Waals surface area contributed by atoms with Crippen LogP contribution in [0.5, 0.6) is 0 Å². The molecule has 0 bridgehead atoms. The first-order valence-corrected chi connectivity index (χ1v) is 8.15. The minimum absolute atomic E-state index is 0.0380. The van der Waals surface area contributed by atoms with Crippen LogP contribution in [0.25, 0.3) is 0 Å². The third-order valence-electron chi connectivity index (χ3n) is 2.92. The lowest BCUT2D eigenvalue weighted by molar-refractivity contribution is -0.122. The quantitative estimate of drug-likeness (QED) is 0.605. The second kappa shape index (κ2) is 6.35. The minimum atomic E-state index is -3.04. The van der Waals surface area contributed by atoms with Crippen LogP contribution in [0.15, 0.2) is 0 Å². The van der Waals surface area contributed by atoms with Gasteiger partial charge in [0.2, 0.25) is 5.91 Å². The Bertz CT molecular complexity index is 350. The average molecular weight is 262 g/mol. The van der Waals surface area contributed by atoms with Crippen LogP contribution in [0.1, 0.15) is 32.1 Å². The Morgan fingerprint density at radius 1 is 1.47 bits per heavy atom. The highest BCUT2D eigenvalue weighted by molar-refractivity contribution is 7.90. The number of rotatable bonds is 8. The highest BCUT2D eigenvalue weighted by Gasteiger charge is 2.20. The van der Waals surface area contributed by atoms with Crippen molar-refractivity contribution in [1.82, 2.24) is 5.32 Å². The van der Waals surface area contributed by atoms with Crippen molar-refractivity contribution in [2.75, 3.05) is 18.6 Å². The first-order valence-electron chi connectivity index (χ1n) is 6.09. The summed E-state index contributed by atoms with van der Waals surface area (Å²) in [5.74, 6) is 0.583. The third-order valence-corrected chi connectivity index (χ3v) is 3.90. The second-order valence-corrected chi connectivity index (χ2v) is 7.16. The zero-order valence-electron chi connectivity index (χ0n) is 10.3. The molecule has 1 amide bonds. The van der Waals surface area contributed by atoms with Crippen molar-refractivity contribution in [2.45, 2.75) is 38.1 Å². The summed E-state index contributed by atoms with van der Waals surface area (Å²) in [6, 6.07) is -0.717. The minimum Gasteiger partial charge on any atom is -0.355 e. The average Bonchev–Trinajstić information content (AvgIpc) is 3.03. The van der Waals surface area contributed by atoms with Gasteiger partial charge in [0.05, 0.1) is 11.8 Å². The fourth-order valence-electron chi connectivity index (χ4n) is 1.61. The van der Waals surface area contributed by atoms with Gasteiger partial charge in [0.15, 0.2) is 0 Å². The number of carbonyl (C=O) groups excluding carboxylic acids is 1. The molecule has 1 fully saturated rings. The van der Waals surface area contributed by atoms with Crippen LogP contribution in [-0.2, 0) is 14.6 Å². The Labute approximate surface area is 103 Å². The Morgan fingerprint density at radius 3 is 2.65 bits per heavy atom. The molecule has 100 valence electrons. The lowest BCUT2D eigenvalue weighted by Gasteiger charge is -2.11. The Morgan fingerprint density at radius 2 is 2.12 bits per heavy atom. The van der Waals surface area contributed by atoms with Gasteiger partial charge in [0.1, 0.15) is 9.84 Å². The number of hydrogen-bond donors (Lipinski definition) is 2. The molecular formula is C11H22N2O3S. The highest BCUT2D eigenvalue weighted by atomic mass is 32.2. The predicted octanol–water partition coefficient (Wildman–Crippen LogP) is 0.0548. The molecule has 17 heavy (non-hydrogen) atoms. The lowest BCUT2D eigenvalue weighted by Crippen LogP contribution is -2.41. The third kappa shape index (κ3) is 7.33. The van der Waals surface area contributed by atoms with Gasteiger partial charge in [-0.3, -0.25) is 4.79 Å². The van der Waals surface area contributed by atoms with E-state index < -0.39 is 15.9 Å². The van der Waals surface area contributed by atoms with Gasteiger partial charge in [0, 0.05) is 12.8 Å². The van der Waals surface area contributed by atoms with Gasteiger partial charge in [-0.05, 0) is 25.2 Å². The van der Waals surface area contributed by atoms with Crippen molar-refractivity contribution in [3.05, 3.63) is 0 Å². The van der Waals surface area contributed by atoms with Crippen molar-refractivity contribution >= 4 is 15.7 Å². The van der Waals surface area contributed by atoms with E-state index in [0.717, 1.165) is 18.6 Å². The van der Waals surface area contributed by atoms with Crippen LogP contribution < -0.4 is 11.1 Å². The van der Waals surface area contributed by atoms with E-state index in [9.17, 15) is 13.2 Å². The fourth-order valence-corrected chi connectivity index (χ4v) is 2.29. The monoisotopic (exact) mass is 262 g/mol. The van der Waals surface area contributed by atoms with Crippen molar-refractivity contribution in [3.8, 4) is 0 Å². The Hall–Kier alpha value is -0.620. The molecule has 0 heterocycles. The van der Waals surface area contributed by atoms with Crippen molar-refractivity contribution in [2.24, 2.45) is 11.7 Å². The standard InChI is InChI=1S/C11H22N2O3S/c1-17(15,16)8-6-10(12)11(14)13-7-2-3-9-4-5-9/h9-10H,2-8,12H2,1H3,(H,13,14). The van der Waals surface area contributed by atoms with Gasteiger partial charge in [-0.15, -0.1) is 0 Å². The SMILES string of the molecule is CS(=O)(=O)CCC(N)C(=O)NCCCC1CC1. The zero-order chi connectivity index (χ0) is 12.9. The van der Waals surface area contributed by atoms with E-state index in [2.05, 4.69) is 5.32 Å². The van der Waals surface area contributed by atoms with E-state index in [4.69, 9.17) is 5.73 Å². The summed E-state index contributed by atoms with van der Waals surface area (Å²) in [5.41, 5.74) is 5.60. The molecule has 0 aliphatic heterocycles. The van der Waals surface area contributed by atoms with Crippen molar-refractivity contribution < 1.29 is 13.2 Å². The maximum atomic E-state index is 11.5. The molecule has 1 atom stereocenters. The maximum absolute atomic E-state index is 11.5. The van der Waals surface area contributed by atoms with Gasteiger partial charge >= 0.3 is 0 Å². The largest absolute Gasteiger partial charge is 0.355 e. The summed E-state index contributed by atoms with van der Waals surface area (Å²) in [5, 5.41) is 2.74. The van der Waals surface area contributed by atoms with E-state index in [1.807, 2.05) is 0 Å². The molecule has 1 unspecified atom stereocenters. The molecule has 3 N–H and O–H groups in total. The summed E-state index contributed by atoms with van der Waals surface area (Å²) in [7, 11) is -3.04. The summed E-state index contributed by atoms with van der Waals surface area (Å²) in [4.78, 5) is 11.5. The van der Waals surface area contributed by atoms with Crippen LogP contribution >= 0.6 is 0 Å². The number of hydrogen-bond acceptors (Lipinski definition) is 4. The van der Waals surface area contributed by atoms with Crippen LogP contribution in [0.4, 0.5) is 0 Å². The zero-order valence-corrected chi connectivity index (χ0v) is 11.1. The molecule has 1 aliphatic rings. The molecular weight excluding hydrogens is 240 g/mol.